The lowest BCUT2D eigenvalue weighted by molar-refractivity contribution is -0.384. The van der Waals surface area contributed by atoms with Gasteiger partial charge in [-0.05, 0) is 6.92 Å². The Labute approximate surface area is 101 Å². The minimum atomic E-state index is -0.840. The van der Waals surface area contributed by atoms with Gasteiger partial charge in [0.05, 0.1) is 11.5 Å². The molecule has 1 aromatic heterocycles. The minimum absolute atomic E-state index is 0.103. The summed E-state index contributed by atoms with van der Waals surface area (Å²) in [4.78, 5) is 33.8. The summed E-state index contributed by atoms with van der Waals surface area (Å²) in [5.74, 6) is -0.703. The fourth-order valence-electron chi connectivity index (χ4n) is 1.83. The SMILES string of the molecule is CCOC(=O)c1cc([N+](=O)[O-])c2n(c1=O)CCN2. The molecule has 0 bridgehead atoms. The fourth-order valence-corrected chi connectivity index (χ4v) is 1.83. The Bertz CT molecular complexity index is 578. The molecule has 0 unspecified atom stereocenters. The molecule has 0 aliphatic carbocycles. The molecule has 0 radical (unpaired) electrons. The molecule has 1 aromatic rings. The van der Waals surface area contributed by atoms with Crippen LogP contribution in [0.25, 0.3) is 0 Å². The van der Waals surface area contributed by atoms with E-state index in [1.165, 1.54) is 4.57 Å². The van der Waals surface area contributed by atoms with Crippen molar-refractivity contribution in [2.75, 3.05) is 18.5 Å². The van der Waals surface area contributed by atoms with Crippen LogP contribution in [0.1, 0.15) is 17.3 Å². The van der Waals surface area contributed by atoms with Gasteiger partial charge >= 0.3 is 11.7 Å². The number of pyridine rings is 1. The fraction of sp³-hybridized carbons (Fsp3) is 0.400. The molecule has 96 valence electrons. The Hall–Kier alpha value is -2.38. The number of fused-ring (bicyclic) bond motifs is 1. The molecule has 0 saturated carbocycles. The summed E-state index contributed by atoms with van der Waals surface area (Å²) >= 11 is 0. The Morgan fingerprint density at radius 1 is 1.67 bits per heavy atom. The predicted octanol–water partition coefficient (Wildman–Crippen LogP) is 0.359. The van der Waals surface area contributed by atoms with Gasteiger partial charge < -0.3 is 10.1 Å². The van der Waals surface area contributed by atoms with E-state index < -0.39 is 16.5 Å². The number of carbonyl (C=O) groups excluding carboxylic acids is 1. The van der Waals surface area contributed by atoms with Gasteiger partial charge in [-0.1, -0.05) is 0 Å². The number of nitro groups is 1. The quantitative estimate of drug-likeness (QED) is 0.474. The van der Waals surface area contributed by atoms with E-state index >= 15 is 0 Å². The van der Waals surface area contributed by atoms with Crippen molar-refractivity contribution >= 4 is 17.5 Å². The second kappa shape index (κ2) is 4.47. The summed E-state index contributed by atoms with van der Waals surface area (Å²) in [6.45, 7) is 2.41. The van der Waals surface area contributed by atoms with Crippen LogP contribution < -0.4 is 10.9 Å². The topological polar surface area (TPSA) is 103 Å². The van der Waals surface area contributed by atoms with Gasteiger partial charge in [-0.25, -0.2) is 4.79 Å². The molecule has 0 amide bonds. The van der Waals surface area contributed by atoms with Crippen molar-refractivity contribution < 1.29 is 14.5 Å². The summed E-state index contributed by atoms with van der Waals surface area (Å²) in [6, 6.07) is 0.963. The first-order chi connectivity index (χ1) is 8.56. The maximum Gasteiger partial charge on any atom is 0.344 e. The van der Waals surface area contributed by atoms with Crippen molar-refractivity contribution in [3.8, 4) is 0 Å². The van der Waals surface area contributed by atoms with E-state index in [2.05, 4.69) is 5.32 Å². The van der Waals surface area contributed by atoms with E-state index in [9.17, 15) is 19.7 Å². The second-order valence-electron chi connectivity index (χ2n) is 3.65. The van der Waals surface area contributed by atoms with Crippen LogP contribution in [0.3, 0.4) is 0 Å². The third-order valence-electron chi connectivity index (χ3n) is 2.59. The zero-order valence-electron chi connectivity index (χ0n) is 9.63. The Morgan fingerprint density at radius 3 is 3.00 bits per heavy atom. The highest BCUT2D eigenvalue weighted by molar-refractivity contribution is 5.90. The maximum absolute atomic E-state index is 12.0. The minimum Gasteiger partial charge on any atom is -0.462 e. The number of carbonyl (C=O) groups is 1. The van der Waals surface area contributed by atoms with E-state index in [0.29, 0.717) is 13.1 Å². The van der Waals surface area contributed by atoms with E-state index in [1.54, 1.807) is 6.92 Å². The molecule has 1 aliphatic rings. The number of aromatic nitrogens is 1. The molecule has 0 atom stereocenters. The molecular weight excluding hydrogens is 242 g/mol. The van der Waals surface area contributed by atoms with Crippen LogP contribution in [0.15, 0.2) is 10.9 Å². The number of nitrogens with one attached hydrogen (secondary N) is 1. The van der Waals surface area contributed by atoms with Crippen LogP contribution in [0.5, 0.6) is 0 Å². The number of hydrogen-bond donors (Lipinski definition) is 1. The number of ether oxygens (including phenoxy) is 1. The van der Waals surface area contributed by atoms with E-state index in [-0.39, 0.29) is 23.7 Å². The van der Waals surface area contributed by atoms with Crippen molar-refractivity contribution in [3.63, 3.8) is 0 Å². The lowest BCUT2D eigenvalue weighted by Crippen LogP contribution is -2.26. The van der Waals surface area contributed by atoms with Crippen molar-refractivity contribution in [1.82, 2.24) is 4.57 Å². The summed E-state index contributed by atoms with van der Waals surface area (Å²) < 4.78 is 5.89. The first-order valence-electron chi connectivity index (χ1n) is 5.39. The average molecular weight is 253 g/mol. The normalized spacial score (nSPS) is 12.7. The molecule has 0 spiro atoms. The highest BCUT2D eigenvalue weighted by atomic mass is 16.6. The largest absolute Gasteiger partial charge is 0.462 e. The molecular formula is C10H11N3O5. The van der Waals surface area contributed by atoms with Crippen molar-refractivity contribution in [2.45, 2.75) is 13.5 Å². The van der Waals surface area contributed by atoms with Crippen molar-refractivity contribution in [1.29, 1.82) is 0 Å². The van der Waals surface area contributed by atoms with Crippen LogP contribution in [0.2, 0.25) is 0 Å². The van der Waals surface area contributed by atoms with Crippen molar-refractivity contribution in [2.24, 2.45) is 0 Å². The monoisotopic (exact) mass is 253 g/mol. The van der Waals surface area contributed by atoms with Gasteiger partial charge in [0.1, 0.15) is 5.56 Å². The van der Waals surface area contributed by atoms with E-state index in [0.717, 1.165) is 6.07 Å². The third kappa shape index (κ3) is 1.81. The van der Waals surface area contributed by atoms with Gasteiger partial charge in [0.15, 0.2) is 5.82 Å². The molecule has 0 aromatic carbocycles. The van der Waals surface area contributed by atoms with Gasteiger partial charge in [-0.15, -0.1) is 0 Å². The van der Waals surface area contributed by atoms with Crippen LogP contribution >= 0.6 is 0 Å². The molecule has 1 aliphatic heterocycles. The molecule has 1 N–H and O–H groups in total. The first-order valence-corrected chi connectivity index (χ1v) is 5.39. The van der Waals surface area contributed by atoms with Crippen LogP contribution in [-0.2, 0) is 11.3 Å². The highest BCUT2D eigenvalue weighted by Crippen LogP contribution is 2.26. The molecule has 8 nitrogen and oxygen atoms in total. The predicted molar refractivity (Wildman–Crippen MR) is 61.8 cm³/mol. The summed E-state index contributed by atoms with van der Waals surface area (Å²) in [5.41, 5.74) is -1.18. The van der Waals surface area contributed by atoms with Gasteiger partial charge in [-0.3, -0.25) is 19.5 Å². The maximum atomic E-state index is 12.0. The van der Waals surface area contributed by atoms with Crippen molar-refractivity contribution in [3.05, 3.63) is 32.1 Å². The molecule has 0 saturated heterocycles. The Kier molecular flexibility index (Phi) is 3.00. The summed E-state index contributed by atoms with van der Waals surface area (Å²) in [7, 11) is 0. The van der Waals surface area contributed by atoms with E-state index in [4.69, 9.17) is 4.74 Å². The standard InChI is InChI=1S/C10H11N3O5/c1-2-18-10(15)6-5-7(13(16)17)8-11-3-4-12(8)9(6)14/h5,11H,2-4H2,1H3. The van der Waals surface area contributed by atoms with Gasteiger partial charge in [0.25, 0.3) is 5.56 Å². The number of anilines is 1. The first kappa shape index (κ1) is 12.1. The molecule has 2 heterocycles. The molecule has 18 heavy (non-hydrogen) atoms. The number of rotatable bonds is 3. The smallest absolute Gasteiger partial charge is 0.344 e. The zero-order chi connectivity index (χ0) is 13.3. The Balaban J connectivity index is 2.62. The summed E-state index contributed by atoms with van der Waals surface area (Å²) in [6.07, 6.45) is 0. The van der Waals surface area contributed by atoms with Crippen LogP contribution in [0, 0.1) is 10.1 Å². The van der Waals surface area contributed by atoms with E-state index in [1.807, 2.05) is 0 Å². The number of nitrogens with zero attached hydrogens (tertiary/aromatic N) is 2. The van der Waals surface area contributed by atoms with Gasteiger partial charge in [-0.2, -0.15) is 0 Å². The molecule has 0 fully saturated rings. The Morgan fingerprint density at radius 2 is 2.39 bits per heavy atom. The molecule has 2 rings (SSSR count). The van der Waals surface area contributed by atoms with Gasteiger partial charge in [0, 0.05) is 19.2 Å². The second-order valence-corrected chi connectivity index (χ2v) is 3.65. The zero-order valence-corrected chi connectivity index (χ0v) is 9.63. The third-order valence-corrected chi connectivity index (χ3v) is 2.59. The van der Waals surface area contributed by atoms with Crippen LogP contribution in [-0.4, -0.2) is 28.6 Å². The molecule has 8 heteroatoms. The lowest BCUT2D eigenvalue weighted by atomic mass is 10.2. The van der Waals surface area contributed by atoms with Crippen LogP contribution in [0.4, 0.5) is 11.5 Å². The number of esters is 1. The average Bonchev–Trinajstić information content (AvgIpc) is 2.78. The number of hydrogen-bond acceptors (Lipinski definition) is 6. The van der Waals surface area contributed by atoms with Gasteiger partial charge in [0.2, 0.25) is 0 Å². The lowest BCUT2D eigenvalue weighted by Gasteiger charge is -2.06. The highest BCUT2D eigenvalue weighted by Gasteiger charge is 2.28. The summed E-state index contributed by atoms with van der Waals surface area (Å²) in [5, 5.41) is 13.7.